The summed E-state index contributed by atoms with van der Waals surface area (Å²) in [5.41, 5.74) is 5.92. The van der Waals surface area contributed by atoms with Gasteiger partial charge in [-0.25, -0.2) is 4.98 Å². The van der Waals surface area contributed by atoms with Gasteiger partial charge >= 0.3 is 0 Å². The lowest BCUT2D eigenvalue weighted by Gasteiger charge is -2.18. The Balaban J connectivity index is 2.22. The van der Waals surface area contributed by atoms with Crippen molar-refractivity contribution in [3.63, 3.8) is 0 Å². The molecule has 5 nitrogen and oxygen atoms in total. The molecule has 0 aromatic carbocycles. The monoisotopic (exact) mass is 292 g/mol. The Kier molecular flexibility index (Phi) is 6.36. The predicted molar refractivity (Wildman–Crippen MR) is 84.0 cm³/mol. The van der Waals surface area contributed by atoms with Crippen LogP contribution in [0.25, 0.3) is 0 Å². The molecule has 0 radical (unpaired) electrons. The summed E-state index contributed by atoms with van der Waals surface area (Å²) >= 11 is 0. The molecule has 21 heavy (non-hydrogen) atoms. The Hall–Kier alpha value is -1.23. The minimum atomic E-state index is -0.0603. The molecule has 1 saturated carbocycles. The molecule has 1 unspecified atom stereocenters. The lowest BCUT2D eigenvalue weighted by atomic mass is 9.99. The van der Waals surface area contributed by atoms with E-state index >= 15 is 0 Å². The quantitative estimate of drug-likeness (QED) is 0.808. The molecule has 0 amide bonds. The number of nitrogens with zero attached hydrogens (tertiary/aromatic N) is 3. The third-order valence-electron chi connectivity index (χ3n) is 4.11. The Morgan fingerprint density at radius 1 is 1.10 bits per heavy atom. The predicted octanol–water partition coefficient (Wildman–Crippen LogP) is 3.77. The molecule has 1 aliphatic rings. The van der Waals surface area contributed by atoms with Crippen LogP contribution in [0.3, 0.4) is 0 Å². The number of ether oxygens (including phenoxy) is 1. The Morgan fingerprint density at radius 3 is 2.43 bits per heavy atom. The maximum absolute atomic E-state index is 5.92. The van der Waals surface area contributed by atoms with E-state index in [4.69, 9.17) is 15.5 Å². The lowest BCUT2D eigenvalue weighted by Crippen LogP contribution is -2.15. The van der Waals surface area contributed by atoms with Crippen molar-refractivity contribution in [1.29, 1.82) is 0 Å². The zero-order chi connectivity index (χ0) is 15.1. The molecule has 1 fully saturated rings. The third kappa shape index (κ3) is 4.63. The van der Waals surface area contributed by atoms with Crippen molar-refractivity contribution >= 4 is 5.95 Å². The summed E-state index contributed by atoms with van der Waals surface area (Å²) < 4.78 is 5.78. The lowest BCUT2D eigenvalue weighted by molar-refractivity contribution is 0.0490. The summed E-state index contributed by atoms with van der Waals surface area (Å²) in [5, 5.41) is 0. The second-order valence-corrected chi connectivity index (χ2v) is 5.83. The van der Waals surface area contributed by atoms with Crippen molar-refractivity contribution in [1.82, 2.24) is 15.0 Å². The van der Waals surface area contributed by atoms with Crippen LogP contribution >= 0.6 is 0 Å². The van der Waals surface area contributed by atoms with Gasteiger partial charge in [0, 0.05) is 12.5 Å². The minimum Gasteiger partial charge on any atom is -0.371 e. The number of nitrogen functional groups attached to an aromatic ring is 1. The van der Waals surface area contributed by atoms with Crippen LogP contribution in [0.1, 0.15) is 88.9 Å². The fraction of sp³-hybridized carbons (Fsp3) is 0.812. The molecule has 0 spiro atoms. The van der Waals surface area contributed by atoms with E-state index in [2.05, 4.69) is 16.9 Å². The molecule has 1 aromatic rings. The molecule has 118 valence electrons. The molecule has 1 heterocycles. The summed E-state index contributed by atoms with van der Waals surface area (Å²) in [5.74, 6) is 2.35. The number of nitrogens with two attached hydrogens (primary N) is 1. The van der Waals surface area contributed by atoms with Crippen LogP contribution in [0.15, 0.2) is 0 Å². The maximum Gasteiger partial charge on any atom is 0.223 e. The summed E-state index contributed by atoms with van der Waals surface area (Å²) in [6, 6.07) is 0. The zero-order valence-corrected chi connectivity index (χ0v) is 13.3. The average molecular weight is 292 g/mol. The number of rotatable bonds is 6. The van der Waals surface area contributed by atoms with Crippen molar-refractivity contribution in [2.45, 2.75) is 77.2 Å². The van der Waals surface area contributed by atoms with Crippen LogP contribution in [-0.4, -0.2) is 21.6 Å². The van der Waals surface area contributed by atoms with Gasteiger partial charge in [-0.3, -0.25) is 0 Å². The first-order valence-electron chi connectivity index (χ1n) is 8.37. The SMILES string of the molecule is CCCC(OCC)c1nc(N)nc(C2CCCCCC2)n1. The zero-order valence-electron chi connectivity index (χ0n) is 13.3. The van der Waals surface area contributed by atoms with Crippen LogP contribution < -0.4 is 5.73 Å². The van der Waals surface area contributed by atoms with Crippen LogP contribution in [0.2, 0.25) is 0 Å². The van der Waals surface area contributed by atoms with Gasteiger partial charge in [0.1, 0.15) is 11.9 Å². The van der Waals surface area contributed by atoms with E-state index in [0.29, 0.717) is 24.3 Å². The van der Waals surface area contributed by atoms with Crippen molar-refractivity contribution in [2.24, 2.45) is 0 Å². The molecule has 2 N–H and O–H groups in total. The topological polar surface area (TPSA) is 73.9 Å². The molecule has 1 aliphatic carbocycles. The third-order valence-corrected chi connectivity index (χ3v) is 4.11. The molecule has 5 heteroatoms. The molecule has 0 bridgehead atoms. The van der Waals surface area contributed by atoms with E-state index in [1.165, 1.54) is 25.7 Å². The van der Waals surface area contributed by atoms with Gasteiger partial charge in [0.25, 0.3) is 0 Å². The molecule has 0 aliphatic heterocycles. The second kappa shape index (κ2) is 8.27. The van der Waals surface area contributed by atoms with Gasteiger partial charge in [-0.1, -0.05) is 39.0 Å². The fourth-order valence-corrected chi connectivity index (χ4v) is 3.04. The standard InChI is InChI=1S/C16H28N4O/c1-3-9-13(21-4-2)15-18-14(19-16(17)20-15)12-10-7-5-6-8-11-12/h12-13H,3-11H2,1-2H3,(H2,17,18,19,20). The molecule has 1 aromatic heterocycles. The van der Waals surface area contributed by atoms with Crippen molar-refractivity contribution < 1.29 is 4.74 Å². The van der Waals surface area contributed by atoms with Gasteiger partial charge in [-0.05, 0) is 26.2 Å². The van der Waals surface area contributed by atoms with Crippen LogP contribution in [0.4, 0.5) is 5.95 Å². The van der Waals surface area contributed by atoms with Crippen LogP contribution in [0.5, 0.6) is 0 Å². The summed E-state index contributed by atoms with van der Waals surface area (Å²) in [6.45, 7) is 4.80. The van der Waals surface area contributed by atoms with E-state index in [1.807, 2.05) is 6.92 Å². The number of aromatic nitrogens is 3. The maximum atomic E-state index is 5.92. The van der Waals surface area contributed by atoms with Gasteiger partial charge in [0.15, 0.2) is 5.82 Å². The highest BCUT2D eigenvalue weighted by Gasteiger charge is 2.21. The first-order chi connectivity index (χ1) is 10.2. The molecule has 2 rings (SSSR count). The smallest absolute Gasteiger partial charge is 0.223 e. The number of anilines is 1. The van der Waals surface area contributed by atoms with E-state index < -0.39 is 0 Å². The Labute approximate surface area is 127 Å². The molecular formula is C16H28N4O. The first-order valence-corrected chi connectivity index (χ1v) is 8.37. The second-order valence-electron chi connectivity index (χ2n) is 5.83. The van der Waals surface area contributed by atoms with Gasteiger partial charge in [0.05, 0.1) is 0 Å². The molecule has 1 atom stereocenters. The Morgan fingerprint density at radius 2 is 1.81 bits per heavy atom. The highest BCUT2D eigenvalue weighted by molar-refractivity contribution is 5.18. The van der Waals surface area contributed by atoms with Crippen molar-refractivity contribution in [3.8, 4) is 0 Å². The van der Waals surface area contributed by atoms with E-state index in [1.54, 1.807) is 0 Å². The number of hydrogen-bond donors (Lipinski definition) is 1. The normalized spacial score (nSPS) is 18.4. The first kappa shape index (κ1) is 16.1. The minimum absolute atomic E-state index is 0.0603. The average Bonchev–Trinajstić information content (AvgIpc) is 2.75. The van der Waals surface area contributed by atoms with Gasteiger partial charge in [-0.15, -0.1) is 0 Å². The highest BCUT2D eigenvalue weighted by Crippen LogP contribution is 2.30. The molecule has 0 saturated heterocycles. The van der Waals surface area contributed by atoms with E-state index in [9.17, 15) is 0 Å². The molecular weight excluding hydrogens is 264 g/mol. The van der Waals surface area contributed by atoms with Gasteiger partial charge in [0.2, 0.25) is 5.95 Å². The fourth-order valence-electron chi connectivity index (χ4n) is 3.04. The Bertz CT molecular complexity index is 404. The van der Waals surface area contributed by atoms with Gasteiger partial charge in [-0.2, -0.15) is 9.97 Å². The number of hydrogen-bond acceptors (Lipinski definition) is 5. The summed E-state index contributed by atoms with van der Waals surface area (Å²) in [4.78, 5) is 13.4. The van der Waals surface area contributed by atoms with Crippen molar-refractivity contribution in [3.05, 3.63) is 11.6 Å². The van der Waals surface area contributed by atoms with Crippen LogP contribution in [-0.2, 0) is 4.74 Å². The van der Waals surface area contributed by atoms with E-state index in [0.717, 1.165) is 31.5 Å². The highest BCUT2D eigenvalue weighted by atomic mass is 16.5. The summed E-state index contributed by atoms with van der Waals surface area (Å²) in [7, 11) is 0. The van der Waals surface area contributed by atoms with Crippen LogP contribution in [0, 0.1) is 0 Å². The van der Waals surface area contributed by atoms with Crippen molar-refractivity contribution in [2.75, 3.05) is 12.3 Å². The van der Waals surface area contributed by atoms with Gasteiger partial charge < -0.3 is 10.5 Å². The largest absolute Gasteiger partial charge is 0.371 e. The van der Waals surface area contributed by atoms with E-state index in [-0.39, 0.29) is 6.10 Å². The summed E-state index contributed by atoms with van der Waals surface area (Å²) in [6.07, 6.45) is 9.38.